The van der Waals surface area contributed by atoms with Crippen molar-refractivity contribution in [1.82, 2.24) is 10.2 Å². The number of nitrogens with one attached hydrogen (secondary N) is 1. The van der Waals surface area contributed by atoms with Crippen LogP contribution in [0.1, 0.15) is 31.9 Å². The maximum atomic E-state index is 14.0. The summed E-state index contributed by atoms with van der Waals surface area (Å²) < 4.78 is 39.4. The molecule has 0 bridgehead atoms. The van der Waals surface area contributed by atoms with Gasteiger partial charge < -0.3 is 19.7 Å². The average molecular weight is 602 g/mol. The third-order valence-corrected chi connectivity index (χ3v) is 8.48. The van der Waals surface area contributed by atoms with Gasteiger partial charge in [0, 0.05) is 12.6 Å². The highest BCUT2D eigenvalue weighted by Gasteiger charge is 2.33. The van der Waals surface area contributed by atoms with Gasteiger partial charge in [-0.2, -0.15) is 0 Å². The van der Waals surface area contributed by atoms with Crippen LogP contribution >= 0.6 is 11.6 Å². The Morgan fingerprint density at radius 1 is 0.951 bits per heavy atom. The molecule has 0 saturated carbocycles. The molecule has 11 heteroatoms. The van der Waals surface area contributed by atoms with E-state index in [1.807, 2.05) is 20.8 Å². The van der Waals surface area contributed by atoms with Crippen LogP contribution < -0.4 is 19.1 Å². The second-order valence-electron chi connectivity index (χ2n) is 9.86. The standard InChI is InChI=1S/C30H36ClN3O6S/c1-20(2)32-30(36)22(4)33(18-23-8-7-9-25(16-23)39-5)29(35)19-34(24-12-15-28(40-6)27(31)17-24)41(37,38)26-13-10-21(3)11-14-26/h7-17,20,22H,18-19H2,1-6H3,(H,32,36)/t22-/m0/s1. The molecule has 1 N–H and O–H groups in total. The summed E-state index contributed by atoms with van der Waals surface area (Å²) >= 11 is 6.36. The molecule has 0 saturated heterocycles. The smallest absolute Gasteiger partial charge is 0.264 e. The number of sulfonamides is 1. The molecule has 0 aliphatic rings. The van der Waals surface area contributed by atoms with E-state index in [0.717, 1.165) is 9.87 Å². The second kappa shape index (κ2) is 13.7. The minimum atomic E-state index is -4.22. The molecular formula is C30H36ClN3O6S. The van der Waals surface area contributed by atoms with E-state index in [1.54, 1.807) is 43.3 Å². The zero-order valence-electron chi connectivity index (χ0n) is 24.0. The predicted molar refractivity (Wildman–Crippen MR) is 160 cm³/mol. The normalized spacial score (nSPS) is 12.0. The van der Waals surface area contributed by atoms with Crippen LogP contribution in [0, 0.1) is 6.92 Å². The lowest BCUT2D eigenvalue weighted by atomic mass is 10.1. The lowest BCUT2D eigenvalue weighted by Crippen LogP contribution is -2.52. The van der Waals surface area contributed by atoms with Crippen LogP contribution in [0.5, 0.6) is 11.5 Å². The number of carbonyl (C=O) groups is 2. The zero-order valence-corrected chi connectivity index (χ0v) is 25.6. The minimum absolute atomic E-state index is 0.00721. The highest BCUT2D eigenvalue weighted by atomic mass is 35.5. The number of benzene rings is 3. The van der Waals surface area contributed by atoms with Crippen LogP contribution in [-0.2, 0) is 26.2 Å². The van der Waals surface area contributed by atoms with Crippen LogP contribution in [0.4, 0.5) is 5.69 Å². The second-order valence-corrected chi connectivity index (χ2v) is 12.1. The Kier molecular flexibility index (Phi) is 10.6. The molecular weight excluding hydrogens is 566 g/mol. The topological polar surface area (TPSA) is 105 Å². The number of aryl methyl sites for hydroxylation is 1. The highest BCUT2D eigenvalue weighted by Crippen LogP contribution is 2.32. The van der Waals surface area contributed by atoms with Crippen LogP contribution in [0.15, 0.2) is 71.6 Å². The number of ether oxygens (including phenoxy) is 2. The van der Waals surface area contributed by atoms with Gasteiger partial charge in [0.1, 0.15) is 24.1 Å². The Balaban J connectivity index is 2.07. The first-order valence-corrected chi connectivity index (χ1v) is 14.8. The molecule has 3 rings (SSSR count). The zero-order chi connectivity index (χ0) is 30.3. The van der Waals surface area contributed by atoms with Crippen LogP contribution in [0.25, 0.3) is 0 Å². The van der Waals surface area contributed by atoms with Crippen molar-refractivity contribution in [3.05, 3.63) is 82.9 Å². The van der Waals surface area contributed by atoms with E-state index in [-0.39, 0.29) is 34.1 Å². The first kappa shape index (κ1) is 31.8. The lowest BCUT2D eigenvalue weighted by molar-refractivity contribution is -0.139. The van der Waals surface area contributed by atoms with E-state index in [4.69, 9.17) is 21.1 Å². The quantitative estimate of drug-likeness (QED) is 0.320. The van der Waals surface area contributed by atoms with E-state index >= 15 is 0 Å². The fourth-order valence-corrected chi connectivity index (χ4v) is 5.79. The van der Waals surface area contributed by atoms with E-state index in [1.165, 1.54) is 49.5 Å². The van der Waals surface area contributed by atoms with Crippen molar-refractivity contribution in [2.45, 2.75) is 51.2 Å². The highest BCUT2D eigenvalue weighted by molar-refractivity contribution is 7.92. The summed E-state index contributed by atoms with van der Waals surface area (Å²) in [5.41, 5.74) is 1.76. The molecule has 220 valence electrons. The van der Waals surface area contributed by atoms with Gasteiger partial charge in [0.05, 0.1) is 29.8 Å². The number of hydrogen-bond acceptors (Lipinski definition) is 6. The number of halogens is 1. The molecule has 2 amide bonds. The molecule has 0 aliphatic carbocycles. The van der Waals surface area contributed by atoms with Crippen molar-refractivity contribution >= 4 is 39.1 Å². The van der Waals surface area contributed by atoms with Crippen LogP contribution in [0.3, 0.4) is 0 Å². The molecule has 41 heavy (non-hydrogen) atoms. The number of nitrogens with zero attached hydrogens (tertiary/aromatic N) is 2. The molecule has 0 aromatic heterocycles. The summed E-state index contributed by atoms with van der Waals surface area (Å²) in [5, 5.41) is 3.01. The Hall–Kier alpha value is -3.76. The summed E-state index contributed by atoms with van der Waals surface area (Å²) in [4.78, 5) is 28.4. The van der Waals surface area contributed by atoms with E-state index < -0.39 is 28.5 Å². The molecule has 3 aromatic rings. The SMILES string of the molecule is COc1cccc(CN(C(=O)CN(c2ccc(OC)c(Cl)c2)S(=O)(=O)c2ccc(C)cc2)[C@@H](C)C(=O)NC(C)C)c1. The third-order valence-electron chi connectivity index (χ3n) is 6.40. The first-order valence-electron chi connectivity index (χ1n) is 13.0. The minimum Gasteiger partial charge on any atom is -0.497 e. The number of hydrogen-bond donors (Lipinski definition) is 1. The Morgan fingerprint density at radius 3 is 2.22 bits per heavy atom. The number of amides is 2. The molecule has 0 aliphatic heterocycles. The van der Waals surface area contributed by atoms with Crippen molar-refractivity contribution < 1.29 is 27.5 Å². The van der Waals surface area contributed by atoms with Gasteiger partial charge in [0.15, 0.2) is 0 Å². The summed E-state index contributed by atoms with van der Waals surface area (Å²) in [6, 6.07) is 16.9. The number of anilines is 1. The first-order chi connectivity index (χ1) is 19.4. The molecule has 0 unspecified atom stereocenters. The monoisotopic (exact) mass is 601 g/mol. The third kappa shape index (κ3) is 7.92. The summed E-state index contributed by atoms with van der Waals surface area (Å²) in [7, 11) is -1.23. The van der Waals surface area contributed by atoms with Gasteiger partial charge in [0.2, 0.25) is 11.8 Å². The Morgan fingerprint density at radius 2 is 1.63 bits per heavy atom. The molecule has 0 spiro atoms. The molecule has 9 nitrogen and oxygen atoms in total. The fourth-order valence-electron chi connectivity index (χ4n) is 4.13. The van der Waals surface area contributed by atoms with E-state index in [0.29, 0.717) is 17.1 Å². The van der Waals surface area contributed by atoms with Crippen molar-refractivity contribution in [2.24, 2.45) is 0 Å². The summed E-state index contributed by atoms with van der Waals surface area (Å²) in [5.74, 6) is -0.00257. The van der Waals surface area contributed by atoms with Crippen LogP contribution in [0.2, 0.25) is 5.02 Å². The molecule has 3 aromatic carbocycles. The molecule has 0 heterocycles. The van der Waals surface area contributed by atoms with Crippen molar-refractivity contribution in [1.29, 1.82) is 0 Å². The Bertz CT molecular complexity index is 1480. The molecule has 1 atom stereocenters. The molecule has 0 radical (unpaired) electrons. The summed E-state index contributed by atoms with van der Waals surface area (Å²) in [6.07, 6.45) is 0. The Labute approximate surface area is 247 Å². The van der Waals surface area contributed by atoms with Gasteiger partial charge in [-0.25, -0.2) is 8.42 Å². The van der Waals surface area contributed by atoms with Gasteiger partial charge in [-0.15, -0.1) is 0 Å². The average Bonchev–Trinajstić information content (AvgIpc) is 2.94. The van der Waals surface area contributed by atoms with Crippen molar-refractivity contribution in [2.75, 3.05) is 25.1 Å². The van der Waals surface area contributed by atoms with Crippen LogP contribution in [-0.4, -0.2) is 58.0 Å². The summed E-state index contributed by atoms with van der Waals surface area (Å²) in [6.45, 7) is 6.57. The van der Waals surface area contributed by atoms with Crippen molar-refractivity contribution in [3.63, 3.8) is 0 Å². The fraction of sp³-hybridized carbons (Fsp3) is 0.333. The van der Waals surface area contributed by atoms with Gasteiger partial charge >= 0.3 is 0 Å². The number of carbonyl (C=O) groups excluding carboxylic acids is 2. The lowest BCUT2D eigenvalue weighted by Gasteiger charge is -2.32. The number of methoxy groups -OCH3 is 2. The van der Waals surface area contributed by atoms with Gasteiger partial charge in [0.25, 0.3) is 10.0 Å². The van der Waals surface area contributed by atoms with Gasteiger partial charge in [-0.3, -0.25) is 13.9 Å². The maximum Gasteiger partial charge on any atom is 0.264 e. The number of rotatable bonds is 12. The predicted octanol–water partition coefficient (Wildman–Crippen LogP) is 4.80. The largest absolute Gasteiger partial charge is 0.497 e. The van der Waals surface area contributed by atoms with E-state index in [9.17, 15) is 18.0 Å². The molecule has 0 fully saturated rings. The van der Waals surface area contributed by atoms with Gasteiger partial charge in [-0.1, -0.05) is 41.4 Å². The van der Waals surface area contributed by atoms with Crippen molar-refractivity contribution in [3.8, 4) is 11.5 Å². The van der Waals surface area contributed by atoms with E-state index in [2.05, 4.69) is 5.32 Å². The van der Waals surface area contributed by atoms with Gasteiger partial charge in [-0.05, 0) is 75.7 Å². The maximum absolute atomic E-state index is 14.0.